The average molecular weight is 254 g/mol. The van der Waals surface area contributed by atoms with E-state index in [9.17, 15) is 18.3 Å². The van der Waals surface area contributed by atoms with E-state index in [1.165, 1.54) is 0 Å². The van der Waals surface area contributed by atoms with Crippen molar-refractivity contribution in [3.05, 3.63) is 0 Å². The first-order chi connectivity index (χ1) is 7.79. The first-order valence-electron chi connectivity index (χ1n) is 6.15. The third-order valence-corrected chi connectivity index (χ3v) is 3.24. The fraction of sp³-hybridized carbons (Fsp3) is 1.00. The minimum atomic E-state index is -4.12. The molecule has 0 aromatic carbocycles. The van der Waals surface area contributed by atoms with Gasteiger partial charge in [-0.15, -0.1) is 0 Å². The van der Waals surface area contributed by atoms with Gasteiger partial charge in [0.25, 0.3) is 0 Å². The molecule has 1 aliphatic rings. The van der Waals surface area contributed by atoms with Crippen molar-refractivity contribution in [2.75, 3.05) is 13.2 Å². The minimum Gasteiger partial charge on any atom is -0.390 e. The summed E-state index contributed by atoms with van der Waals surface area (Å²) < 4.78 is 41.2. The highest BCUT2D eigenvalue weighted by atomic mass is 19.4. The monoisotopic (exact) mass is 254 g/mol. The molecule has 0 radical (unpaired) electrons. The molecular weight excluding hydrogens is 233 g/mol. The average Bonchev–Trinajstić information content (AvgIpc) is 2.15. The zero-order chi connectivity index (χ0) is 12.9. The smallest absolute Gasteiger partial charge is 0.389 e. The molecule has 0 amide bonds. The van der Waals surface area contributed by atoms with Crippen LogP contribution in [0.15, 0.2) is 0 Å². The van der Waals surface area contributed by atoms with E-state index in [2.05, 4.69) is 0 Å². The summed E-state index contributed by atoms with van der Waals surface area (Å²) in [5, 5.41) is 10.1. The lowest BCUT2D eigenvalue weighted by Gasteiger charge is -2.30. The van der Waals surface area contributed by atoms with Gasteiger partial charge in [0.15, 0.2) is 0 Å². The summed E-state index contributed by atoms with van der Waals surface area (Å²) in [4.78, 5) is 0. The van der Waals surface area contributed by atoms with E-state index in [0.29, 0.717) is 25.6 Å². The summed E-state index contributed by atoms with van der Waals surface area (Å²) in [6.45, 7) is 3.03. The highest BCUT2D eigenvalue weighted by molar-refractivity contribution is 4.78. The van der Waals surface area contributed by atoms with Gasteiger partial charge < -0.3 is 9.84 Å². The van der Waals surface area contributed by atoms with Crippen LogP contribution in [0.2, 0.25) is 0 Å². The van der Waals surface area contributed by atoms with E-state index in [1.54, 1.807) is 6.92 Å². The van der Waals surface area contributed by atoms with Gasteiger partial charge in [-0.3, -0.25) is 0 Å². The van der Waals surface area contributed by atoms with Crippen molar-refractivity contribution < 1.29 is 23.0 Å². The van der Waals surface area contributed by atoms with Crippen LogP contribution in [-0.4, -0.2) is 30.1 Å². The van der Waals surface area contributed by atoms with Crippen LogP contribution >= 0.6 is 0 Å². The molecule has 17 heavy (non-hydrogen) atoms. The van der Waals surface area contributed by atoms with Crippen molar-refractivity contribution in [1.29, 1.82) is 0 Å². The maximum atomic E-state index is 12.0. The maximum Gasteiger partial charge on any atom is 0.389 e. The summed E-state index contributed by atoms with van der Waals surface area (Å²) >= 11 is 0. The van der Waals surface area contributed by atoms with E-state index in [1.807, 2.05) is 0 Å². The molecule has 0 aromatic rings. The number of hydrogen-bond acceptors (Lipinski definition) is 2. The lowest BCUT2D eigenvalue weighted by atomic mass is 9.84. The second-order valence-corrected chi connectivity index (χ2v) is 5.23. The van der Waals surface area contributed by atoms with Gasteiger partial charge in [0.2, 0.25) is 0 Å². The molecule has 0 saturated carbocycles. The Morgan fingerprint density at radius 3 is 2.29 bits per heavy atom. The van der Waals surface area contributed by atoms with Crippen LogP contribution in [-0.2, 0) is 4.74 Å². The van der Waals surface area contributed by atoms with E-state index < -0.39 is 18.2 Å². The second-order valence-electron chi connectivity index (χ2n) is 5.23. The summed E-state index contributed by atoms with van der Waals surface area (Å²) in [5.41, 5.74) is -0.979. The van der Waals surface area contributed by atoms with Gasteiger partial charge in [-0.2, -0.15) is 13.2 Å². The summed E-state index contributed by atoms with van der Waals surface area (Å²) in [6, 6.07) is 0. The third kappa shape index (κ3) is 6.88. The van der Waals surface area contributed by atoms with Crippen LogP contribution < -0.4 is 0 Å². The number of halogens is 3. The highest BCUT2D eigenvalue weighted by Gasteiger charge is 2.30. The predicted octanol–water partition coefficient (Wildman–Crippen LogP) is 3.29. The van der Waals surface area contributed by atoms with Crippen molar-refractivity contribution in [3.63, 3.8) is 0 Å². The Morgan fingerprint density at radius 2 is 1.76 bits per heavy atom. The zero-order valence-electron chi connectivity index (χ0n) is 10.2. The summed E-state index contributed by atoms with van der Waals surface area (Å²) in [7, 11) is 0. The second kappa shape index (κ2) is 6.05. The van der Waals surface area contributed by atoms with Gasteiger partial charge in [0.05, 0.1) is 5.60 Å². The number of ether oxygens (including phenoxy) is 1. The quantitative estimate of drug-likeness (QED) is 0.815. The van der Waals surface area contributed by atoms with Gasteiger partial charge in [-0.25, -0.2) is 0 Å². The molecule has 1 heterocycles. The molecule has 5 heteroatoms. The largest absolute Gasteiger partial charge is 0.390 e. The Kier molecular flexibility index (Phi) is 5.25. The lowest BCUT2D eigenvalue weighted by Crippen LogP contribution is -2.30. The van der Waals surface area contributed by atoms with Gasteiger partial charge >= 0.3 is 6.18 Å². The van der Waals surface area contributed by atoms with E-state index in [0.717, 1.165) is 12.8 Å². The minimum absolute atomic E-state index is 0.000278. The topological polar surface area (TPSA) is 29.5 Å². The fourth-order valence-corrected chi connectivity index (χ4v) is 2.34. The molecule has 0 spiro atoms. The Bertz CT molecular complexity index is 220. The Hall–Kier alpha value is -0.290. The molecule has 1 saturated heterocycles. The number of alkyl halides is 3. The molecule has 1 aliphatic heterocycles. The Morgan fingerprint density at radius 1 is 1.18 bits per heavy atom. The number of hydrogen-bond donors (Lipinski definition) is 1. The van der Waals surface area contributed by atoms with E-state index in [-0.39, 0.29) is 12.8 Å². The van der Waals surface area contributed by atoms with Gasteiger partial charge in [-0.05, 0) is 44.9 Å². The molecule has 0 aliphatic carbocycles. The van der Waals surface area contributed by atoms with Crippen molar-refractivity contribution in [3.8, 4) is 0 Å². The third-order valence-electron chi connectivity index (χ3n) is 3.24. The van der Waals surface area contributed by atoms with Crippen LogP contribution in [0.25, 0.3) is 0 Å². The molecule has 1 atom stereocenters. The SMILES string of the molecule is CC(O)(CCCC(F)(F)F)CC1CCOCC1. The van der Waals surface area contributed by atoms with Gasteiger partial charge in [0, 0.05) is 19.6 Å². The van der Waals surface area contributed by atoms with E-state index >= 15 is 0 Å². The number of aliphatic hydroxyl groups is 1. The molecule has 0 bridgehead atoms. The normalized spacial score (nSPS) is 22.4. The highest BCUT2D eigenvalue weighted by Crippen LogP contribution is 2.30. The van der Waals surface area contributed by atoms with E-state index in [4.69, 9.17) is 4.74 Å². The molecule has 102 valence electrons. The van der Waals surface area contributed by atoms with Gasteiger partial charge in [-0.1, -0.05) is 0 Å². The predicted molar refractivity (Wildman–Crippen MR) is 58.7 cm³/mol. The Balaban J connectivity index is 2.24. The molecule has 0 aromatic heterocycles. The first-order valence-corrected chi connectivity index (χ1v) is 6.15. The maximum absolute atomic E-state index is 12.0. The molecular formula is C12H21F3O2. The standard InChI is InChI=1S/C12H21F3O2/c1-11(16,5-2-6-12(13,14)15)9-10-3-7-17-8-4-10/h10,16H,2-9H2,1H3. The molecule has 2 nitrogen and oxygen atoms in total. The van der Waals surface area contributed by atoms with Crippen LogP contribution in [0.3, 0.4) is 0 Å². The fourth-order valence-electron chi connectivity index (χ4n) is 2.34. The van der Waals surface area contributed by atoms with Crippen molar-refractivity contribution >= 4 is 0 Å². The van der Waals surface area contributed by atoms with Crippen molar-refractivity contribution in [1.82, 2.24) is 0 Å². The molecule has 1 fully saturated rings. The Labute approximate surface area is 100 Å². The first kappa shape index (κ1) is 14.8. The number of rotatable bonds is 5. The van der Waals surface area contributed by atoms with Crippen LogP contribution in [0, 0.1) is 5.92 Å². The molecule has 1 rings (SSSR count). The summed E-state index contributed by atoms with van der Waals surface area (Å²) in [6.07, 6.45) is -2.34. The lowest BCUT2D eigenvalue weighted by molar-refractivity contribution is -0.138. The van der Waals surface area contributed by atoms with Gasteiger partial charge in [0.1, 0.15) is 0 Å². The van der Waals surface area contributed by atoms with Crippen LogP contribution in [0.5, 0.6) is 0 Å². The van der Waals surface area contributed by atoms with Crippen LogP contribution in [0.1, 0.15) is 45.4 Å². The zero-order valence-corrected chi connectivity index (χ0v) is 10.2. The van der Waals surface area contributed by atoms with Crippen molar-refractivity contribution in [2.24, 2.45) is 5.92 Å². The van der Waals surface area contributed by atoms with Crippen molar-refractivity contribution in [2.45, 2.75) is 57.2 Å². The summed E-state index contributed by atoms with van der Waals surface area (Å²) in [5.74, 6) is 0.379. The van der Waals surface area contributed by atoms with Crippen LogP contribution in [0.4, 0.5) is 13.2 Å². The molecule has 1 N–H and O–H groups in total. The molecule has 1 unspecified atom stereocenters.